The minimum absolute atomic E-state index is 0.189. The molecule has 21 heavy (non-hydrogen) atoms. The van der Waals surface area contributed by atoms with Gasteiger partial charge in [-0.3, -0.25) is 4.79 Å². The van der Waals surface area contributed by atoms with E-state index < -0.39 is 10.1 Å². The summed E-state index contributed by atoms with van der Waals surface area (Å²) in [6.07, 6.45) is 1.74. The molecule has 0 aliphatic heterocycles. The summed E-state index contributed by atoms with van der Waals surface area (Å²) in [6.45, 7) is 3.86. The van der Waals surface area contributed by atoms with E-state index in [1.54, 1.807) is 29.0 Å². The molecule has 0 N–H and O–H groups in total. The van der Waals surface area contributed by atoms with Crippen LogP contribution in [-0.4, -0.2) is 18.8 Å². The van der Waals surface area contributed by atoms with Gasteiger partial charge in [0.25, 0.3) is 5.69 Å². The van der Waals surface area contributed by atoms with Crippen molar-refractivity contribution in [3.05, 3.63) is 48.3 Å². The Morgan fingerprint density at radius 2 is 1.76 bits per heavy atom. The summed E-state index contributed by atoms with van der Waals surface area (Å²) in [5.74, 6) is -0.189. The van der Waals surface area contributed by atoms with Gasteiger partial charge in [0.15, 0.2) is 6.20 Å². The SMILES string of the molecule is CC[n+]1cccc(-c2ccccc2S(=O)(=O)[O-])c1C(C)=O. The van der Waals surface area contributed by atoms with Crippen molar-refractivity contribution in [2.45, 2.75) is 25.3 Å². The Morgan fingerprint density at radius 3 is 2.33 bits per heavy atom. The maximum atomic E-state index is 11.9. The number of rotatable bonds is 4. The highest BCUT2D eigenvalue weighted by atomic mass is 32.2. The molecule has 0 aliphatic carbocycles. The average molecular weight is 305 g/mol. The number of carbonyl (C=O) groups is 1. The lowest BCUT2D eigenvalue weighted by molar-refractivity contribution is -0.694. The lowest BCUT2D eigenvalue weighted by atomic mass is 10.0. The first kappa shape index (κ1) is 15.3. The van der Waals surface area contributed by atoms with Gasteiger partial charge in [0, 0.05) is 18.6 Å². The number of hydrogen-bond acceptors (Lipinski definition) is 4. The number of aryl methyl sites for hydroxylation is 1. The highest BCUT2D eigenvalue weighted by Gasteiger charge is 2.23. The van der Waals surface area contributed by atoms with Crippen LogP contribution >= 0.6 is 0 Å². The van der Waals surface area contributed by atoms with E-state index in [1.165, 1.54) is 25.1 Å². The lowest BCUT2D eigenvalue weighted by Gasteiger charge is -2.13. The normalized spacial score (nSPS) is 11.4. The molecule has 0 unspecified atom stereocenters. The number of aromatic nitrogens is 1. The summed E-state index contributed by atoms with van der Waals surface area (Å²) in [5, 5.41) is 0. The van der Waals surface area contributed by atoms with Gasteiger partial charge in [-0.25, -0.2) is 8.42 Å². The van der Waals surface area contributed by atoms with Crippen LogP contribution in [0.2, 0.25) is 0 Å². The molecular weight excluding hydrogens is 290 g/mol. The minimum Gasteiger partial charge on any atom is -0.744 e. The standard InChI is InChI=1S/C15H15NO4S/c1-3-16-10-6-8-13(15(16)11(2)17)12-7-4-5-9-14(12)21(18,19)20/h4-10H,3H2,1-2H3. The van der Waals surface area contributed by atoms with Gasteiger partial charge in [-0.05, 0) is 19.1 Å². The van der Waals surface area contributed by atoms with Gasteiger partial charge in [-0.1, -0.05) is 18.2 Å². The quantitative estimate of drug-likeness (QED) is 0.490. The zero-order valence-electron chi connectivity index (χ0n) is 11.7. The Hall–Kier alpha value is -2.05. The lowest BCUT2D eigenvalue weighted by Crippen LogP contribution is -2.39. The summed E-state index contributed by atoms with van der Waals surface area (Å²) in [7, 11) is -4.61. The largest absolute Gasteiger partial charge is 0.744 e. The fourth-order valence-electron chi connectivity index (χ4n) is 2.33. The maximum Gasteiger partial charge on any atom is 0.256 e. The molecule has 0 saturated carbocycles. The van der Waals surface area contributed by atoms with Gasteiger partial charge in [0.2, 0.25) is 5.78 Å². The van der Waals surface area contributed by atoms with Crippen molar-refractivity contribution in [1.82, 2.24) is 0 Å². The van der Waals surface area contributed by atoms with Gasteiger partial charge >= 0.3 is 0 Å². The van der Waals surface area contributed by atoms with Crippen LogP contribution in [0.5, 0.6) is 0 Å². The van der Waals surface area contributed by atoms with Crippen LogP contribution in [0.15, 0.2) is 47.5 Å². The molecule has 2 aromatic rings. The van der Waals surface area contributed by atoms with Crippen LogP contribution in [0.4, 0.5) is 0 Å². The second-order valence-electron chi connectivity index (χ2n) is 4.56. The zero-order chi connectivity index (χ0) is 15.6. The first-order chi connectivity index (χ1) is 9.86. The van der Waals surface area contributed by atoms with Crippen molar-refractivity contribution in [1.29, 1.82) is 0 Å². The number of hydrogen-bond donors (Lipinski definition) is 0. The number of carbonyl (C=O) groups excluding carboxylic acids is 1. The van der Waals surface area contributed by atoms with E-state index >= 15 is 0 Å². The molecule has 0 amide bonds. The molecule has 1 aromatic carbocycles. The van der Waals surface area contributed by atoms with E-state index in [0.717, 1.165) is 0 Å². The monoisotopic (exact) mass is 305 g/mol. The molecule has 0 spiro atoms. The third kappa shape index (κ3) is 3.01. The number of ketones is 1. The van der Waals surface area contributed by atoms with E-state index in [9.17, 15) is 17.8 Å². The summed E-state index contributed by atoms with van der Waals surface area (Å²) >= 11 is 0. The fourth-order valence-corrected chi connectivity index (χ4v) is 3.02. The second kappa shape index (κ2) is 5.75. The third-order valence-electron chi connectivity index (χ3n) is 3.19. The maximum absolute atomic E-state index is 11.9. The van der Waals surface area contributed by atoms with E-state index in [2.05, 4.69) is 0 Å². The van der Waals surface area contributed by atoms with E-state index in [1.807, 2.05) is 6.92 Å². The third-order valence-corrected chi connectivity index (χ3v) is 4.09. The molecule has 6 heteroatoms. The summed E-state index contributed by atoms with van der Waals surface area (Å²) < 4.78 is 36.0. The predicted octanol–water partition coefficient (Wildman–Crippen LogP) is 1.77. The number of Topliss-reactive ketones (excluding diaryl/α,β-unsaturated/α-hetero) is 1. The highest BCUT2D eigenvalue weighted by Crippen LogP contribution is 2.28. The van der Waals surface area contributed by atoms with Crippen molar-refractivity contribution < 1.29 is 22.3 Å². The van der Waals surface area contributed by atoms with E-state index in [4.69, 9.17) is 0 Å². The molecule has 0 atom stereocenters. The topological polar surface area (TPSA) is 78.2 Å². The molecule has 0 aliphatic rings. The van der Waals surface area contributed by atoms with Gasteiger partial charge in [-0.2, -0.15) is 4.57 Å². The minimum atomic E-state index is -4.61. The number of pyridine rings is 1. The van der Waals surface area contributed by atoms with Crippen LogP contribution < -0.4 is 4.57 Å². The van der Waals surface area contributed by atoms with Crippen molar-refractivity contribution in [3.8, 4) is 11.1 Å². The molecule has 110 valence electrons. The Kier molecular flexibility index (Phi) is 4.20. The van der Waals surface area contributed by atoms with Gasteiger partial charge in [-0.15, -0.1) is 0 Å². The van der Waals surface area contributed by atoms with Crippen molar-refractivity contribution >= 4 is 15.9 Å². The Bertz CT molecular complexity index is 797. The molecule has 5 nitrogen and oxygen atoms in total. The van der Waals surface area contributed by atoms with Crippen LogP contribution in [0.25, 0.3) is 11.1 Å². The number of nitrogens with zero attached hydrogens (tertiary/aromatic N) is 1. The molecule has 0 bridgehead atoms. The summed E-state index contributed by atoms with van der Waals surface area (Å²) in [5.41, 5.74) is 1.08. The Balaban J connectivity index is 2.84. The van der Waals surface area contributed by atoms with Crippen LogP contribution in [0, 0.1) is 0 Å². The Labute approximate surface area is 123 Å². The number of benzene rings is 1. The highest BCUT2D eigenvalue weighted by molar-refractivity contribution is 7.85. The van der Waals surface area contributed by atoms with Crippen LogP contribution in [-0.2, 0) is 16.7 Å². The first-order valence-electron chi connectivity index (χ1n) is 6.45. The molecule has 2 rings (SSSR count). The molecule has 0 radical (unpaired) electrons. The molecule has 1 heterocycles. The van der Waals surface area contributed by atoms with E-state index in [0.29, 0.717) is 17.8 Å². The smallest absolute Gasteiger partial charge is 0.256 e. The van der Waals surface area contributed by atoms with Crippen LogP contribution in [0.1, 0.15) is 24.3 Å². The Morgan fingerprint density at radius 1 is 1.14 bits per heavy atom. The van der Waals surface area contributed by atoms with Gasteiger partial charge in [0.05, 0.1) is 10.5 Å². The summed E-state index contributed by atoms with van der Waals surface area (Å²) in [4.78, 5) is 11.6. The van der Waals surface area contributed by atoms with Gasteiger partial charge in [0.1, 0.15) is 16.7 Å². The molecular formula is C15H15NO4S. The zero-order valence-corrected chi connectivity index (χ0v) is 12.6. The molecule has 0 fully saturated rings. The van der Waals surface area contributed by atoms with Crippen LogP contribution in [0.3, 0.4) is 0 Å². The van der Waals surface area contributed by atoms with Crippen molar-refractivity contribution in [2.24, 2.45) is 0 Å². The average Bonchev–Trinajstić information content (AvgIpc) is 2.45. The molecule has 0 saturated heterocycles. The second-order valence-corrected chi connectivity index (χ2v) is 5.91. The first-order valence-corrected chi connectivity index (χ1v) is 7.85. The molecule has 1 aromatic heterocycles. The van der Waals surface area contributed by atoms with Crippen molar-refractivity contribution in [3.63, 3.8) is 0 Å². The summed E-state index contributed by atoms with van der Waals surface area (Å²) in [6, 6.07) is 9.28. The van der Waals surface area contributed by atoms with Gasteiger partial charge < -0.3 is 4.55 Å². The van der Waals surface area contributed by atoms with Crippen molar-refractivity contribution in [2.75, 3.05) is 0 Å². The van der Waals surface area contributed by atoms with E-state index in [-0.39, 0.29) is 16.2 Å². The predicted molar refractivity (Wildman–Crippen MR) is 75.7 cm³/mol. The fraction of sp³-hybridized carbons (Fsp3) is 0.200.